The Balaban J connectivity index is 1.79. The highest BCUT2D eigenvalue weighted by Gasteiger charge is 2.33. The molecule has 1 fully saturated rings. The van der Waals surface area contributed by atoms with Crippen molar-refractivity contribution in [1.82, 2.24) is 9.88 Å². The van der Waals surface area contributed by atoms with Crippen molar-refractivity contribution in [2.45, 2.75) is 32.7 Å². The second-order valence-corrected chi connectivity index (χ2v) is 6.45. The number of piperidine rings is 1. The number of carbonyl (C=O) groups excluding carboxylic acids is 1. The van der Waals surface area contributed by atoms with E-state index in [1.807, 2.05) is 29.3 Å². The molecule has 0 aliphatic carbocycles. The fourth-order valence-corrected chi connectivity index (χ4v) is 3.25. The van der Waals surface area contributed by atoms with Crippen molar-refractivity contribution >= 4 is 22.5 Å². The minimum Gasteiger partial charge on any atom is -0.464 e. The van der Waals surface area contributed by atoms with Gasteiger partial charge in [0, 0.05) is 18.1 Å². The minimum absolute atomic E-state index is 0.00223. The molecular formula is C15H19N3O2S. The van der Waals surface area contributed by atoms with Crippen molar-refractivity contribution in [1.29, 1.82) is 0 Å². The fourth-order valence-electron chi connectivity index (χ4n) is 2.74. The molecule has 3 heterocycles. The number of rotatable bonds is 2. The van der Waals surface area contributed by atoms with Crippen LogP contribution in [-0.2, 0) is 0 Å². The lowest BCUT2D eigenvalue weighted by atomic mass is 9.91. The molecule has 0 saturated carbocycles. The molecule has 2 amide bonds. The highest BCUT2D eigenvalue weighted by atomic mass is 32.1. The summed E-state index contributed by atoms with van der Waals surface area (Å²) < 4.78 is 5.75. The first-order valence-electron chi connectivity index (χ1n) is 7.17. The van der Waals surface area contributed by atoms with Crippen LogP contribution in [0, 0.1) is 12.8 Å². The summed E-state index contributed by atoms with van der Waals surface area (Å²) >= 11 is 1.42. The number of furan rings is 1. The van der Waals surface area contributed by atoms with Crippen LogP contribution in [0.3, 0.4) is 0 Å². The Morgan fingerprint density at radius 3 is 3.05 bits per heavy atom. The van der Waals surface area contributed by atoms with Crippen LogP contribution in [0.25, 0.3) is 0 Å². The molecule has 6 heteroatoms. The van der Waals surface area contributed by atoms with E-state index in [2.05, 4.69) is 17.2 Å². The SMILES string of the molecule is Cc1ccc([C@H]2C[C@@H](C)CCN2C(=O)Nc2nccs2)o1. The lowest BCUT2D eigenvalue weighted by Crippen LogP contribution is -2.42. The first-order chi connectivity index (χ1) is 10.1. The van der Waals surface area contributed by atoms with Gasteiger partial charge < -0.3 is 9.32 Å². The number of carbonyl (C=O) groups is 1. The second-order valence-electron chi connectivity index (χ2n) is 5.55. The average molecular weight is 305 g/mol. The average Bonchev–Trinajstić information content (AvgIpc) is 3.10. The molecule has 0 bridgehead atoms. The summed E-state index contributed by atoms with van der Waals surface area (Å²) in [6.07, 6.45) is 3.63. The van der Waals surface area contributed by atoms with Gasteiger partial charge in [-0.25, -0.2) is 9.78 Å². The first-order valence-corrected chi connectivity index (χ1v) is 8.05. The van der Waals surface area contributed by atoms with Gasteiger partial charge in [0.05, 0.1) is 6.04 Å². The van der Waals surface area contributed by atoms with Gasteiger partial charge >= 0.3 is 6.03 Å². The second kappa shape index (κ2) is 5.89. The maximum atomic E-state index is 12.5. The van der Waals surface area contributed by atoms with E-state index in [0.717, 1.165) is 30.9 Å². The Morgan fingerprint density at radius 2 is 2.38 bits per heavy atom. The van der Waals surface area contributed by atoms with E-state index in [1.54, 1.807) is 6.20 Å². The topological polar surface area (TPSA) is 58.4 Å². The maximum absolute atomic E-state index is 12.5. The standard InChI is InChI=1S/C15H19N3O2S/c1-10-5-7-18(15(19)17-14-16-6-8-21-14)12(9-10)13-4-3-11(2)20-13/h3-4,6,8,10,12H,5,7,9H2,1-2H3,(H,16,17,19)/t10-,12+/m0/s1. The Labute approximate surface area is 128 Å². The van der Waals surface area contributed by atoms with Crippen LogP contribution in [-0.4, -0.2) is 22.5 Å². The number of nitrogens with zero attached hydrogens (tertiary/aromatic N) is 2. The van der Waals surface area contributed by atoms with Crippen LogP contribution in [0.4, 0.5) is 9.93 Å². The predicted molar refractivity (Wildman–Crippen MR) is 82.4 cm³/mol. The van der Waals surface area contributed by atoms with Crippen LogP contribution in [0.15, 0.2) is 28.1 Å². The molecule has 1 aliphatic rings. The summed E-state index contributed by atoms with van der Waals surface area (Å²) in [7, 11) is 0. The Morgan fingerprint density at radius 1 is 1.52 bits per heavy atom. The normalized spacial score (nSPS) is 22.3. The van der Waals surface area contributed by atoms with Crippen molar-refractivity contribution in [3.05, 3.63) is 35.2 Å². The molecule has 0 radical (unpaired) electrons. The number of hydrogen-bond donors (Lipinski definition) is 1. The molecule has 112 valence electrons. The number of anilines is 1. The van der Waals surface area contributed by atoms with Crippen molar-refractivity contribution in [2.24, 2.45) is 5.92 Å². The number of thiazole rings is 1. The third kappa shape index (κ3) is 3.10. The Hall–Kier alpha value is -1.82. The van der Waals surface area contributed by atoms with Gasteiger partial charge in [-0.15, -0.1) is 11.3 Å². The van der Waals surface area contributed by atoms with E-state index in [0.29, 0.717) is 11.0 Å². The highest BCUT2D eigenvalue weighted by Crippen LogP contribution is 2.35. The summed E-state index contributed by atoms with van der Waals surface area (Å²) in [6, 6.07) is 3.83. The Bertz CT molecular complexity index is 608. The molecule has 0 aromatic carbocycles. The van der Waals surface area contributed by atoms with E-state index >= 15 is 0 Å². The number of aromatic nitrogens is 1. The largest absolute Gasteiger partial charge is 0.464 e. The number of aryl methyl sites for hydroxylation is 1. The number of likely N-dealkylation sites (tertiary alicyclic amines) is 1. The number of urea groups is 1. The van der Waals surface area contributed by atoms with Crippen molar-refractivity contribution in [3.8, 4) is 0 Å². The molecule has 0 spiro atoms. The van der Waals surface area contributed by atoms with Gasteiger partial charge in [0.2, 0.25) is 0 Å². The zero-order valence-electron chi connectivity index (χ0n) is 12.2. The van der Waals surface area contributed by atoms with Crippen LogP contribution < -0.4 is 5.32 Å². The molecule has 1 aliphatic heterocycles. The van der Waals surface area contributed by atoms with Gasteiger partial charge in [0.15, 0.2) is 5.13 Å². The van der Waals surface area contributed by atoms with Crippen LogP contribution >= 0.6 is 11.3 Å². The third-order valence-electron chi connectivity index (χ3n) is 3.86. The van der Waals surface area contributed by atoms with Gasteiger partial charge in [-0.1, -0.05) is 6.92 Å². The van der Waals surface area contributed by atoms with Crippen LogP contribution in [0.5, 0.6) is 0 Å². The quantitative estimate of drug-likeness (QED) is 0.910. The van der Waals surface area contributed by atoms with Crippen LogP contribution in [0.2, 0.25) is 0 Å². The van der Waals surface area contributed by atoms with Gasteiger partial charge in [0.1, 0.15) is 11.5 Å². The monoisotopic (exact) mass is 305 g/mol. The summed E-state index contributed by atoms with van der Waals surface area (Å²) in [6.45, 7) is 4.89. The van der Waals surface area contributed by atoms with Crippen molar-refractivity contribution in [3.63, 3.8) is 0 Å². The molecule has 3 rings (SSSR count). The fraction of sp³-hybridized carbons (Fsp3) is 0.467. The predicted octanol–water partition coefficient (Wildman–Crippen LogP) is 4.05. The van der Waals surface area contributed by atoms with E-state index in [1.165, 1.54) is 11.3 Å². The highest BCUT2D eigenvalue weighted by molar-refractivity contribution is 7.13. The smallest absolute Gasteiger partial charge is 0.324 e. The molecule has 1 saturated heterocycles. The molecular weight excluding hydrogens is 286 g/mol. The van der Waals surface area contributed by atoms with E-state index < -0.39 is 0 Å². The van der Waals surface area contributed by atoms with E-state index in [-0.39, 0.29) is 12.1 Å². The minimum atomic E-state index is -0.101. The molecule has 5 nitrogen and oxygen atoms in total. The molecule has 0 unspecified atom stereocenters. The Kier molecular flexibility index (Phi) is 3.96. The zero-order chi connectivity index (χ0) is 14.8. The maximum Gasteiger partial charge on any atom is 0.324 e. The summed E-state index contributed by atoms with van der Waals surface area (Å²) in [4.78, 5) is 18.5. The van der Waals surface area contributed by atoms with Gasteiger partial charge in [-0.2, -0.15) is 0 Å². The summed E-state index contributed by atoms with van der Waals surface area (Å²) in [5.41, 5.74) is 0. The van der Waals surface area contributed by atoms with E-state index in [9.17, 15) is 4.79 Å². The molecule has 1 N–H and O–H groups in total. The van der Waals surface area contributed by atoms with E-state index in [4.69, 9.17) is 4.42 Å². The molecule has 2 atom stereocenters. The van der Waals surface area contributed by atoms with Gasteiger partial charge in [-0.05, 0) is 37.8 Å². The first kappa shape index (κ1) is 14.1. The van der Waals surface area contributed by atoms with Crippen molar-refractivity contribution in [2.75, 3.05) is 11.9 Å². The summed E-state index contributed by atoms with van der Waals surface area (Å²) in [5, 5.41) is 5.35. The number of amides is 2. The zero-order valence-corrected chi connectivity index (χ0v) is 13.0. The lowest BCUT2D eigenvalue weighted by Gasteiger charge is -2.37. The third-order valence-corrected chi connectivity index (χ3v) is 4.55. The molecule has 2 aromatic rings. The summed E-state index contributed by atoms with van der Waals surface area (Å²) in [5.74, 6) is 2.33. The van der Waals surface area contributed by atoms with Crippen molar-refractivity contribution < 1.29 is 9.21 Å². The lowest BCUT2D eigenvalue weighted by molar-refractivity contribution is 0.128. The molecule has 21 heavy (non-hydrogen) atoms. The van der Waals surface area contributed by atoms with Gasteiger partial charge in [0.25, 0.3) is 0 Å². The van der Waals surface area contributed by atoms with Gasteiger partial charge in [-0.3, -0.25) is 5.32 Å². The van der Waals surface area contributed by atoms with Crippen LogP contribution in [0.1, 0.15) is 37.3 Å². The number of hydrogen-bond acceptors (Lipinski definition) is 4. The molecule has 2 aromatic heterocycles. The number of nitrogens with one attached hydrogen (secondary N) is 1.